The molecule has 3 nitrogen and oxygen atoms in total. The van der Waals surface area contributed by atoms with Gasteiger partial charge in [-0.05, 0) is 24.5 Å². The highest BCUT2D eigenvalue weighted by atomic mass is 32.2. The van der Waals surface area contributed by atoms with Crippen LogP contribution in [0.4, 0.5) is 4.39 Å². The Kier molecular flexibility index (Phi) is 3.25. The van der Waals surface area contributed by atoms with Crippen molar-refractivity contribution in [2.45, 2.75) is 11.3 Å². The molecule has 1 aromatic rings. The van der Waals surface area contributed by atoms with Gasteiger partial charge in [-0.3, -0.25) is 0 Å². The van der Waals surface area contributed by atoms with Gasteiger partial charge in [0.05, 0.1) is 12.4 Å². The van der Waals surface area contributed by atoms with Gasteiger partial charge in [0.25, 0.3) is 0 Å². The SMILES string of the molecule is O=S(=O)(CC1CCOC1)c1ccccc1F. The monoisotopic (exact) mass is 244 g/mol. The third-order valence-corrected chi connectivity index (χ3v) is 4.56. The average Bonchev–Trinajstić information content (AvgIpc) is 2.70. The van der Waals surface area contributed by atoms with Crippen LogP contribution in [0.1, 0.15) is 6.42 Å². The Morgan fingerprint density at radius 3 is 2.75 bits per heavy atom. The molecular formula is C11H13FO3S. The predicted molar refractivity (Wildman–Crippen MR) is 57.4 cm³/mol. The Hall–Kier alpha value is -0.940. The third kappa shape index (κ3) is 2.41. The smallest absolute Gasteiger partial charge is 0.181 e. The van der Waals surface area contributed by atoms with Crippen LogP contribution in [0, 0.1) is 11.7 Å². The van der Waals surface area contributed by atoms with Crippen molar-refractivity contribution in [1.82, 2.24) is 0 Å². The first-order valence-corrected chi connectivity index (χ1v) is 6.80. The lowest BCUT2D eigenvalue weighted by molar-refractivity contribution is 0.188. The summed E-state index contributed by atoms with van der Waals surface area (Å²) in [4.78, 5) is -0.207. The van der Waals surface area contributed by atoms with Crippen LogP contribution < -0.4 is 0 Å². The third-order valence-electron chi connectivity index (χ3n) is 2.65. The van der Waals surface area contributed by atoms with Crippen LogP contribution in [0.2, 0.25) is 0 Å². The Bertz CT molecular complexity index is 464. The number of hydrogen-bond donors (Lipinski definition) is 0. The summed E-state index contributed by atoms with van der Waals surface area (Å²) in [6.07, 6.45) is 0.730. The molecule has 1 aromatic carbocycles. The van der Waals surface area contributed by atoms with Crippen molar-refractivity contribution < 1.29 is 17.5 Å². The molecule has 1 unspecified atom stereocenters. The zero-order chi connectivity index (χ0) is 11.6. The summed E-state index contributed by atoms with van der Waals surface area (Å²) in [7, 11) is -3.53. The van der Waals surface area contributed by atoms with Crippen LogP contribution in [0.3, 0.4) is 0 Å². The topological polar surface area (TPSA) is 43.4 Å². The zero-order valence-corrected chi connectivity index (χ0v) is 9.54. The van der Waals surface area contributed by atoms with E-state index in [-0.39, 0.29) is 16.6 Å². The van der Waals surface area contributed by atoms with E-state index in [0.717, 1.165) is 12.5 Å². The highest BCUT2D eigenvalue weighted by Gasteiger charge is 2.26. The van der Waals surface area contributed by atoms with Crippen LogP contribution in [0.25, 0.3) is 0 Å². The molecule has 0 N–H and O–H groups in total. The van der Waals surface area contributed by atoms with E-state index >= 15 is 0 Å². The average molecular weight is 244 g/mol. The van der Waals surface area contributed by atoms with Crippen LogP contribution in [-0.2, 0) is 14.6 Å². The lowest BCUT2D eigenvalue weighted by Gasteiger charge is -2.09. The minimum Gasteiger partial charge on any atom is -0.381 e. The van der Waals surface area contributed by atoms with Gasteiger partial charge in [0.1, 0.15) is 10.7 Å². The first kappa shape index (κ1) is 11.5. The van der Waals surface area contributed by atoms with Crippen LogP contribution in [0.5, 0.6) is 0 Å². The van der Waals surface area contributed by atoms with E-state index in [2.05, 4.69) is 0 Å². The van der Waals surface area contributed by atoms with Crippen LogP contribution >= 0.6 is 0 Å². The molecule has 0 bridgehead atoms. The second-order valence-electron chi connectivity index (χ2n) is 3.94. The molecule has 1 aliphatic rings. The maximum atomic E-state index is 13.3. The van der Waals surface area contributed by atoms with Gasteiger partial charge in [-0.25, -0.2) is 12.8 Å². The molecule has 0 radical (unpaired) electrons. The summed E-state index contributed by atoms with van der Waals surface area (Å²) in [6, 6.07) is 5.48. The zero-order valence-electron chi connectivity index (χ0n) is 8.73. The highest BCUT2D eigenvalue weighted by Crippen LogP contribution is 2.21. The number of sulfone groups is 1. The van der Waals surface area contributed by atoms with Crippen molar-refractivity contribution >= 4 is 9.84 Å². The molecule has 88 valence electrons. The molecule has 1 saturated heterocycles. The van der Waals surface area contributed by atoms with Gasteiger partial charge < -0.3 is 4.74 Å². The summed E-state index contributed by atoms with van der Waals surface area (Å²) >= 11 is 0. The Morgan fingerprint density at radius 1 is 1.38 bits per heavy atom. The molecule has 0 aliphatic carbocycles. The van der Waals surface area contributed by atoms with Gasteiger partial charge >= 0.3 is 0 Å². The molecule has 0 spiro atoms. The number of hydrogen-bond acceptors (Lipinski definition) is 3. The summed E-state index contributed by atoms with van der Waals surface area (Å²) in [5, 5.41) is 0. The van der Waals surface area contributed by atoms with Gasteiger partial charge in [-0.15, -0.1) is 0 Å². The fourth-order valence-electron chi connectivity index (χ4n) is 1.81. The van der Waals surface area contributed by atoms with Gasteiger partial charge in [-0.1, -0.05) is 12.1 Å². The van der Waals surface area contributed by atoms with Gasteiger partial charge in [-0.2, -0.15) is 0 Å². The fraction of sp³-hybridized carbons (Fsp3) is 0.455. The molecule has 1 fully saturated rings. The van der Waals surface area contributed by atoms with E-state index in [1.165, 1.54) is 18.2 Å². The quantitative estimate of drug-likeness (QED) is 0.811. The fourth-order valence-corrected chi connectivity index (χ4v) is 3.53. The maximum Gasteiger partial charge on any atom is 0.181 e. The molecule has 1 heterocycles. The van der Waals surface area contributed by atoms with E-state index in [1.807, 2.05) is 0 Å². The van der Waals surface area contributed by atoms with Crippen molar-refractivity contribution in [2.75, 3.05) is 19.0 Å². The molecule has 1 aliphatic heterocycles. The number of halogens is 1. The summed E-state index contributed by atoms with van der Waals surface area (Å²) < 4.78 is 42.3. The van der Waals surface area contributed by atoms with E-state index in [9.17, 15) is 12.8 Å². The lowest BCUT2D eigenvalue weighted by atomic mass is 10.2. The molecule has 2 rings (SSSR count). The normalized spacial score (nSPS) is 21.2. The lowest BCUT2D eigenvalue weighted by Crippen LogP contribution is -2.17. The van der Waals surface area contributed by atoms with Crippen molar-refractivity contribution in [3.63, 3.8) is 0 Å². The summed E-state index contributed by atoms with van der Waals surface area (Å²) in [6.45, 7) is 1.05. The molecular weight excluding hydrogens is 231 g/mol. The summed E-state index contributed by atoms with van der Waals surface area (Å²) in [5.74, 6) is -0.723. The van der Waals surface area contributed by atoms with Crippen LogP contribution in [-0.4, -0.2) is 27.4 Å². The van der Waals surface area contributed by atoms with E-state index in [0.29, 0.717) is 13.2 Å². The molecule has 0 amide bonds. The Labute approximate surface area is 94.2 Å². The Morgan fingerprint density at radius 2 is 2.12 bits per heavy atom. The highest BCUT2D eigenvalue weighted by molar-refractivity contribution is 7.91. The molecule has 0 saturated carbocycles. The van der Waals surface area contributed by atoms with Gasteiger partial charge in [0.15, 0.2) is 9.84 Å². The second-order valence-corrected chi connectivity index (χ2v) is 5.94. The van der Waals surface area contributed by atoms with Crippen molar-refractivity contribution in [1.29, 1.82) is 0 Å². The van der Waals surface area contributed by atoms with E-state index in [4.69, 9.17) is 4.74 Å². The number of ether oxygens (including phenoxy) is 1. The summed E-state index contributed by atoms with van der Waals surface area (Å²) in [5.41, 5.74) is 0. The molecule has 5 heteroatoms. The van der Waals surface area contributed by atoms with Crippen molar-refractivity contribution in [2.24, 2.45) is 5.92 Å². The van der Waals surface area contributed by atoms with Gasteiger partial charge in [0, 0.05) is 6.61 Å². The van der Waals surface area contributed by atoms with Gasteiger partial charge in [0.2, 0.25) is 0 Å². The minimum absolute atomic E-state index is 0.00962. The maximum absolute atomic E-state index is 13.3. The first-order valence-electron chi connectivity index (χ1n) is 5.14. The number of benzene rings is 1. The molecule has 1 atom stereocenters. The largest absolute Gasteiger partial charge is 0.381 e. The van der Waals surface area contributed by atoms with E-state index < -0.39 is 15.7 Å². The molecule has 0 aromatic heterocycles. The Balaban J connectivity index is 2.21. The second kappa shape index (κ2) is 4.51. The van der Waals surface area contributed by atoms with Crippen molar-refractivity contribution in [3.8, 4) is 0 Å². The molecule has 16 heavy (non-hydrogen) atoms. The standard InChI is InChI=1S/C11H13FO3S/c12-10-3-1-2-4-11(10)16(13,14)8-9-5-6-15-7-9/h1-4,9H,5-8H2. The van der Waals surface area contributed by atoms with E-state index in [1.54, 1.807) is 0 Å². The van der Waals surface area contributed by atoms with Crippen LogP contribution in [0.15, 0.2) is 29.2 Å². The minimum atomic E-state index is -3.53. The van der Waals surface area contributed by atoms with Crippen molar-refractivity contribution in [3.05, 3.63) is 30.1 Å². The first-order chi connectivity index (χ1) is 7.59. The predicted octanol–water partition coefficient (Wildman–Crippen LogP) is 1.64. The number of rotatable bonds is 3.